The van der Waals surface area contributed by atoms with Gasteiger partial charge in [-0.1, -0.05) is 176 Å². The fourth-order valence-electron chi connectivity index (χ4n) is 9.06. The van der Waals surface area contributed by atoms with Gasteiger partial charge in [0, 0.05) is 32.7 Å². The van der Waals surface area contributed by atoms with Gasteiger partial charge >= 0.3 is 0 Å². The van der Waals surface area contributed by atoms with Crippen LogP contribution in [0.4, 0.5) is 0 Å². The Kier molecular flexibility index (Phi) is 8.17. The van der Waals surface area contributed by atoms with Crippen LogP contribution in [0, 0.1) is 0 Å². The molecule has 284 valence electrons. The minimum Gasteiger partial charge on any atom is -0.455 e. The van der Waals surface area contributed by atoms with Gasteiger partial charge in [-0.05, 0) is 97.2 Å². The van der Waals surface area contributed by atoms with E-state index in [0.717, 1.165) is 93.8 Å². The van der Waals surface area contributed by atoms with Crippen LogP contribution in [0.5, 0.6) is 0 Å². The van der Waals surface area contributed by atoms with Crippen molar-refractivity contribution in [1.29, 1.82) is 0 Å². The van der Waals surface area contributed by atoms with Crippen LogP contribution in [-0.4, -0.2) is 9.97 Å². The Morgan fingerprint density at radius 2 is 0.770 bits per heavy atom. The van der Waals surface area contributed by atoms with Crippen molar-refractivity contribution in [2.24, 2.45) is 0 Å². The summed E-state index contributed by atoms with van der Waals surface area (Å²) in [7, 11) is 0. The largest absolute Gasteiger partial charge is 0.455 e. The number of fused-ring (bicyclic) bond motifs is 9. The van der Waals surface area contributed by atoms with Crippen molar-refractivity contribution in [3.05, 3.63) is 219 Å². The van der Waals surface area contributed by atoms with Gasteiger partial charge in [0.1, 0.15) is 11.2 Å². The number of benzene rings is 10. The van der Waals surface area contributed by atoms with Crippen molar-refractivity contribution >= 4 is 54.5 Å². The lowest BCUT2D eigenvalue weighted by atomic mass is 9.93. The van der Waals surface area contributed by atoms with Gasteiger partial charge in [0.2, 0.25) is 0 Å². The van der Waals surface area contributed by atoms with Crippen molar-refractivity contribution < 1.29 is 4.42 Å². The van der Waals surface area contributed by atoms with Crippen molar-refractivity contribution in [1.82, 2.24) is 9.97 Å². The third kappa shape index (κ3) is 6.06. The number of para-hydroxylation sites is 2. The second-order valence-corrected chi connectivity index (χ2v) is 15.7. The highest BCUT2D eigenvalue weighted by Gasteiger charge is 2.16. The van der Waals surface area contributed by atoms with Crippen molar-refractivity contribution in [3.63, 3.8) is 0 Å². The van der Waals surface area contributed by atoms with Gasteiger partial charge in [0.15, 0.2) is 0 Å². The minimum absolute atomic E-state index is 0.840. The molecule has 2 aromatic heterocycles. The van der Waals surface area contributed by atoms with Gasteiger partial charge in [-0.25, -0.2) is 4.98 Å². The first-order valence-corrected chi connectivity index (χ1v) is 20.7. The van der Waals surface area contributed by atoms with E-state index >= 15 is 0 Å². The predicted octanol–water partition coefficient (Wildman–Crippen LogP) is 15.8. The Morgan fingerprint density at radius 3 is 1.43 bits per heavy atom. The molecule has 3 heteroatoms. The number of hydrogen-bond donors (Lipinski definition) is 0. The maximum Gasteiger partial charge on any atom is 0.143 e. The molecule has 0 aliphatic rings. The summed E-state index contributed by atoms with van der Waals surface area (Å²) in [5.41, 5.74) is 17.0. The molecule has 2 heterocycles. The average molecular weight is 777 g/mol. The van der Waals surface area contributed by atoms with E-state index in [0.29, 0.717) is 0 Å². The summed E-state index contributed by atoms with van der Waals surface area (Å²) < 4.78 is 6.40. The monoisotopic (exact) mass is 776 g/mol. The standard InChI is InChI=1S/C58H36N2O/c1-3-13-37(14-4-1)43-27-29-49-52(34-43)53-35-44(38-15-5-2-6-16-38)28-30-50(53)57-56(49)59-36-54(60-57)46-22-11-20-42(33-46)40-18-9-17-39(31-40)41-19-10-21-45(32-41)47-24-12-25-51-48-23-7-8-26-55(48)61-58(47)51/h1-36H. The molecule has 0 bridgehead atoms. The molecule has 0 aliphatic heterocycles. The zero-order chi connectivity index (χ0) is 40.3. The Morgan fingerprint density at radius 1 is 0.295 bits per heavy atom. The highest BCUT2D eigenvalue weighted by Crippen LogP contribution is 2.40. The van der Waals surface area contributed by atoms with E-state index in [1.165, 1.54) is 27.6 Å². The van der Waals surface area contributed by atoms with Gasteiger partial charge in [0.25, 0.3) is 0 Å². The fraction of sp³-hybridized carbons (Fsp3) is 0. The molecule has 0 atom stereocenters. The zero-order valence-corrected chi connectivity index (χ0v) is 33.1. The quantitative estimate of drug-likeness (QED) is 0.158. The smallest absolute Gasteiger partial charge is 0.143 e. The van der Waals surface area contributed by atoms with Crippen LogP contribution in [-0.2, 0) is 0 Å². The SMILES string of the molecule is c1ccc(-c2ccc3c(c2)c2cc(-c4ccccc4)ccc2c2nc(-c4cccc(-c5cccc(-c6cccc(-c7cccc8c7oc7ccccc78)c6)c5)c4)cnc32)cc1. The highest BCUT2D eigenvalue weighted by atomic mass is 16.3. The van der Waals surface area contributed by atoms with Gasteiger partial charge < -0.3 is 4.42 Å². The molecule has 0 fully saturated rings. The van der Waals surface area contributed by atoms with Crippen molar-refractivity contribution in [3.8, 4) is 66.9 Å². The maximum atomic E-state index is 6.40. The van der Waals surface area contributed by atoms with Crippen LogP contribution in [0.1, 0.15) is 0 Å². The first kappa shape index (κ1) is 34.9. The molecule has 12 rings (SSSR count). The van der Waals surface area contributed by atoms with Gasteiger partial charge in [-0.15, -0.1) is 0 Å². The Labute approximate surface area is 352 Å². The van der Waals surface area contributed by atoms with E-state index in [-0.39, 0.29) is 0 Å². The number of hydrogen-bond acceptors (Lipinski definition) is 3. The van der Waals surface area contributed by atoms with Crippen molar-refractivity contribution in [2.75, 3.05) is 0 Å². The lowest BCUT2D eigenvalue weighted by Crippen LogP contribution is -1.93. The summed E-state index contributed by atoms with van der Waals surface area (Å²) in [4.78, 5) is 10.6. The summed E-state index contributed by atoms with van der Waals surface area (Å²) in [6.07, 6.45) is 1.93. The third-order valence-electron chi connectivity index (χ3n) is 12.1. The molecular weight excluding hydrogens is 741 g/mol. The normalized spacial score (nSPS) is 11.6. The van der Waals surface area contributed by atoms with Crippen molar-refractivity contribution in [2.45, 2.75) is 0 Å². The Bertz CT molecular complexity index is 3640. The van der Waals surface area contributed by atoms with Crippen LogP contribution in [0.25, 0.3) is 121 Å². The Balaban J connectivity index is 0.938. The lowest BCUT2D eigenvalue weighted by molar-refractivity contribution is 0.670. The van der Waals surface area contributed by atoms with Crippen LogP contribution in [0.15, 0.2) is 223 Å². The van der Waals surface area contributed by atoms with E-state index in [9.17, 15) is 0 Å². The van der Waals surface area contributed by atoms with E-state index in [1.807, 2.05) is 18.3 Å². The summed E-state index contributed by atoms with van der Waals surface area (Å²) in [5, 5.41) is 6.78. The topological polar surface area (TPSA) is 38.9 Å². The molecule has 0 radical (unpaired) electrons. The first-order valence-electron chi connectivity index (χ1n) is 20.7. The summed E-state index contributed by atoms with van der Waals surface area (Å²) >= 11 is 0. The second kappa shape index (κ2) is 14.3. The van der Waals surface area contributed by atoms with Gasteiger partial charge in [-0.3, -0.25) is 4.98 Å². The molecule has 3 nitrogen and oxygen atoms in total. The van der Waals surface area contributed by atoms with E-state index in [2.05, 4.69) is 200 Å². The zero-order valence-electron chi connectivity index (χ0n) is 33.1. The van der Waals surface area contributed by atoms with Crippen LogP contribution in [0.3, 0.4) is 0 Å². The average Bonchev–Trinajstić information content (AvgIpc) is 3.73. The molecule has 0 unspecified atom stereocenters. The fourth-order valence-corrected chi connectivity index (χ4v) is 9.06. The van der Waals surface area contributed by atoms with Gasteiger partial charge in [0.05, 0.1) is 22.9 Å². The molecule has 0 saturated heterocycles. The molecule has 0 N–H and O–H groups in total. The number of furan rings is 1. The maximum absolute atomic E-state index is 6.40. The minimum atomic E-state index is 0.840. The molecule has 0 saturated carbocycles. The third-order valence-corrected chi connectivity index (χ3v) is 12.1. The first-order chi connectivity index (χ1) is 30.2. The number of nitrogens with zero attached hydrogens (tertiary/aromatic N) is 2. The molecule has 61 heavy (non-hydrogen) atoms. The van der Waals surface area contributed by atoms with E-state index in [4.69, 9.17) is 14.4 Å². The molecular formula is C58H36N2O. The van der Waals surface area contributed by atoms with Crippen LogP contribution >= 0.6 is 0 Å². The lowest BCUT2D eigenvalue weighted by Gasteiger charge is -2.14. The van der Waals surface area contributed by atoms with Crippen LogP contribution in [0.2, 0.25) is 0 Å². The summed E-state index contributed by atoms with van der Waals surface area (Å²) in [6, 6.07) is 75.5. The number of aromatic nitrogens is 2. The molecule has 0 aliphatic carbocycles. The van der Waals surface area contributed by atoms with Gasteiger partial charge in [-0.2, -0.15) is 0 Å². The molecule has 0 amide bonds. The van der Waals surface area contributed by atoms with Crippen LogP contribution < -0.4 is 0 Å². The number of rotatable bonds is 6. The molecule has 12 aromatic rings. The second-order valence-electron chi connectivity index (χ2n) is 15.7. The summed E-state index contributed by atoms with van der Waals surface area (Å²) in [5.74, 6) is 0. The molecule has 10 aromatic carbocycles. The highest BCUT2D eigenvalue weighted by molar-refractivity contribution is 6.24. The Hall–Kier alpha value is -8.14. The van der Waals surface area contributed by atoms with E-state index < -0.39 is 0 Å². The predicted molar refractivity (Wildman–Crippen MR) is 254 cm³/mol. The summed E-state index contributed by atoms with van der Waals surface area (Å²) in [6.45, 7) is 0. The van der Waals surface area contributed by atoms with E-state index in [1.54, 1.807) is 0 Å². The molecule has 0 spiro atoms.